The van der Waals surface area contributed by atoms with Crippen LogP contribution in [0.5, 0.6) is 0 Å². The third kappa shape index (κ3) is 6.68. The Balaban J connectivity index is 2.54. The van der Waals surface area contributed by atoms with Crippen LogP contribution in [0.3, 0.4) is 0 Å². The van der Waals surface area contributed by atoms with Crippen molar-refractivity contribution in [3.8, 4) is 0 Å². The average molecular weight is 310 g/mol. The van der Waals surface area contributed by atoms with E-state index >= 15 is 0 Å². The Hall–Kier alpha value is -1.47. The number of urea groups is 1. The van der Waals surface area contributed by atoms with Gasteiger partial charge in [-0.05, 0) is 32.6 Å². The molecule has 1 aliphatic heterocycles. The molecular weight excluding hydrogens is 289 g/mol. The number of nitrogens with zero attached hydrogens (tertiary/aromatic N) is 1. The quantitative estimate of drug-likeness (QED) is 0.820. The number of rotatable bonds is 5. The van der Waals surface area contributed by atoms with Gasteiger partial charge in [0, 0.05) is 25.0 Å². The predicted octanol–water partition coefficient (Wildman–Crippen LogP) is 2.76. The van der Waals surface area contributed by atoms with Gasteiger partial charge in [0.05, 0.1) is 6.42 Å². The number of carbonyl (C=O) groups is 2. The van der Waals surface area contributed by atoms with Gasteiger partial charge in [0.2, 0.25) is 0 Å². The fourth-order valence-electron chi connectivity index (χ4n) is 2.55. The molecule has 0 aromatic carbocycles. The van der Waals surface area contributed by atoms with E-state index in [2.05, 4.69) is 5.32 Å². The molecule has 0 saturated carbocycles. The van der Waals surface area contributed by atoms with Crippen LogP contribution in [0.1, 0.15) is 45.4 Å². The van der Waals surface area contributed by atoms with E-state index in [1.807, 2.05) is 0 Å². The standard InChI is InChI=1S/C13H21F3N2O3/c1-9(8-13(14,15)16)17-12(21)18-7-3-2-4-10(18)5-6-11(19)20/h9-10H,2-8H2,1H3,(H,17,21)(H,19,20). The molecule has 1 heterocycles. The van der Waals surface area contributed by atoms with Crippen LogP contribution in [-0.4, -0.2) is 46.8 Å². The second kappa shape index (κ2) is 7.51. The summed E-state index contributed by atoms with van der Waals surface area (Å²) in [5, 5.41) is 11.0. The molecule has 5 nitrogen and oxygen atoms in total. The molecule has 1 saturated heterocycles. The Bertz CT molecular complexity index is 374. The summed E-state index contributed by atoms with van der Waals surface area (Å²) in [6.45, 7) is 1.76. The van der Waals surface area contributed by atoms with Crippen molar-refractivity contribution in [3.05, 3.63) is 0 Å². The first kappa shape index (κ1) is 17.6. The summed E-state index contributed by atoms with van der Waals surface area (Å²) in [5.41, 5.74) is 0. The first-order chi connectivity index (χ1) is 9.69. The zero-order chi connectivity index (χ0) is 16.0. The van der Waals surface area contributed by atoms with Crippen molar-refractivity contribution in [3.63, 3.8) is 0 Å². The summed E-state index contributed by atoms with van der Waals surface area (Å²) in [5.74, 6) is -0.939. The summed E-state index contributed by atoms with van der Waals surface area (Å²) in [4.78, 5) is 24.1. The van der Waals surface area contributed by atoms with E-state index in [1.165, 1.54) is 11.8 Å². The van der Waals surface area contributed by atoms with Crippen molar-refractivity contribution in [2.24, 2.45) is 0 Å². The molecule has 0 spiro atoms. The van der Waals surface area contributed by atoms with Gasteiger partial charge in [0.1, 0.15) is 0 Å². The van der Waals surface area contributed by atoms with Crippen LogP contribution in [-0.2, 0) is 4.79 Å². The second-order valence-corrected chi connectivity index (χ2v) is 5.45. The highest BCUT2D eigenvalue weighted by Gasteiger charge is 2.32. The second-order valence-electron chi connectivity index (χ2n) is 5.45. The minimum absolute atomic E-state index is 0.0491. The molecule has 2 amide bonds. The zero-order valence-electron chi connectivity index (χ0n) is 11.9. The lowest BCUT2D eigenvalue weighted by Gasteiger charge is -2.36. The number of piperidine rings is 1. The third-order valence-electron chi connectivity index (χ3n) is 3.49. The van der Waals surface area contributed by atoms with Crippen molar-refractivity contribution in [2.75, 3.05) is 6.54 Å². The first-order valence-electron chi connectivity index (χ1n) is 7.04. The Labute approximate surface area is 121 Å². The fourth-order valence-corrected chi connectivity index (χ4v) is 2.55. The van der Waals surface area contributed by atoms with E-state index in [0.717, 1.165) is 12.8 Å². The fraction of sp³-hybridized carbons (Fsp3) is 0.846. The molecule has 0 radical (unpaired) electrons. The number of alkyl halides is 3. The molecule has 1 rings (SSSR count). The number of likely N-dealkylation sites (tertiary alicyclic amines) is 1. The van der Waals surface area contributed by atoms with Crippen molar-refractivity contribution < 1.29 is 27.9 Å². The molecule has 0 aliphatic carbocycles. The van der Waals surface area contributed by atoms with Crippen LogP contribution >= 0.6 is 0 Å². The van der Waals surface area contributed by atoms with E-state index in [1.54, 1.807) is 0 Å². The molecule has 122 valence electrons. The lowest BCUT2D eigenvalue weighted by atomic mass is 9.98. The van der Waals surface area contributed by atoms with Gasteiger partial charge in [-0.15, -0.1) is 0 Å². The number of nitrogens with one attached hydrogen (secondary N) is 1. The maximum absolute atomic E-state index is 12.3. The van der Waals surface area contributed by atoms with Gasteiger partial charge in [0.25, 0.3) is 0 Å². The summed E-state index contributed by atoms with van der Waals surface area (Å²) >= 11 is 0. The number of hydrogen-bond donors (Lipinski definition) is 2. The summed E-state index contributed by atoms with van der Waals surface area (Å²) in [6.07, 6.45) is -2.75. The third-order valence-corrected chi connectivity index (χ3v) is 3.49. The summed E-state index contributed by atoms with van der Waals surface area (Å²) in [7, 11) is 0. The lowest BCUT2D eigenvalue weighted by molar-refractivity contribution is -0.139. The largest absolute Gasteiger partial charge is 0.481 e. The van der Waals surface area contributed by atoms with Gasteiger partial charge in [-0.3, -0.25) is 4.79 Å². The number of hydrogen-bond acceptors (Lipinski definition) is 2. The van der Waals surface area contributed by atoms with Crippen molar-refractivity contribution in [1.82, 2.24) is 10.2 Å². The smallest absolute Gasteiger partial charge is 0.391 e. The molecule has 0 bridgehead atoms. The minimum Gasteiger partial charge on any atom is -0.481 e. The van der Waals surface area contributed by atoms with E-state index < -0.39 is 30.6 Å². The first-order valence-corrected chi connectivity index (χ1v) is 7.04. The maximum atomic E-state index is 12.3. The highest BCUT2D eigenvalue weighted by atomic mass is 19.4. The van der Waals surface area contributed by atoms with Crippen LogP contribution in [0.25, 0.3) is 0 Å². The molecule has 2 N–H and O–H groups in total. The van der Waals surface area contributed by atoms with Crippen LogP contribution in [0.4, 0.5) is 18.0 Å². The topological polar surface area (TPSA) is 69.6 Å². The minimum atomic E-state index is -4.32. The Morgan fingerprint density at radius 3 is 2.62 bits per heavy atom. The molecule has 2 unspecified atom stereocenters. The molecule has 1 aliphatic rings. The van der Waals surface area contributed by atoms with E-state index in [-0.39, 0.29) is 12.5 Å². The van der Waals surface area contributed by atoms with Gasteiger partial charge in [-0.25, -0.2) is 4.79 Å². The van der Waals surface area contributed by atoms with E-state index in [0.29, 0.717) is 19.4 Å². The number of carboxylic acids is 1. The van der Waals surface area contributed by atoms with E-state index in [9.17, 15) is 22.8 Å². The number of amides is 2. The van der Waals surface area contributed by atoms with Crippen molar-refractivity contribution >= 4 is 12.0 Å². The maximum Gasteiger partial charge on any atom is 0.391 e. The predicted molar refractivity (Wildman–Crippen MR) is 69.9 cm³/mol. The van der Waals surface area contributed by atoms with Gasteiger partial charge < -0.3 is 15.3 Å². The zero-order valence-corrected chi connectivity index (χ0v) is 11.9. The molecule has 0 aromatic heterocycles. The van der Waals surface area contributed by atoms with Crippen molar-refractivity contribution in [1.29, 1.82) is 0 Å². The van der Waals surface area contributed by atoms with Crippen LogP contribution in [0.2, 0.25) is 0 Å². The van der Waals surface area contributed by atoms with Crippen LogP contribution in [0, 0.1) is 0 Å². The molecule has 0 aromatic rings. The number of aliphatic carboxylic acids is 1. The Kier molecular flexibility index (Phi) is 6.29. The number of carbonyl (C=O) groups excluding carboxylic acids is 1. The normalized spacial score (nSPS) is 21.0. The Morgan fingerprint density at radius 2 is 2.05 bits per heavy atom. The van der Waals surface area contributed by atoms with Crippen LogP contribution in [0.15, 0.2) is 0 Å². The summed E-state index contributed by atoms with van der Waals surface area (Å²) < 4.78 is 36.8. The van der Waals surface area contributed by atoms with Crippen molar-refractivity contribution in [2.45, 2.75) is 63.7 Å². The SMILES string of the molecule is CC(CC(F)(F)F)NC(=O)N1CCCCC1CCC(=O)O. The highest BCUT2D eigenvalue weighted by Crippen LogP contribution is 2.23. The monoisotopic (exact) mass is 310 g/mol. The molecule has 1 fully saturated rings. The van der Waals surface area contributed by atoms with Gasteiger partial charge in [-0.1, -0.05) is 0 Å². The molecule has 8 heteroatoms. The highest BCUT2D eigenvalue weighted by molar-refractivity contribution is 5.75. The lowest BCUT2D eigenvalue weighted by Crippen LogP contribution is -2.51. The van der Waals surface area contributed by atoms with Gasteiger partial charge in [0.15, 0.2) is 0 Å². The number of halogens is 3. The van der Waals surface area contributed by atoms with Crippen LogP contribution < -0.4 is 5.32 Å². The Morgan fingerprint density at radius 1 is 1.38 bits per heavy atom. The van der Waals surface area contributed by atoms with Gasteiger partial charge in [-0.2, -0.15) is 13.2 Å². The molecular formula is C13H21F3N2O3. The number of carboxylic acid groups (broad SMARTS) is 1. The average Bonchev–Trinajstić information content (AvgIpc) is 2.34. The molecule has 21 heavy (non-hydrogen) atoms. The summed E-state index contributed by atoms with van der Waals surface area (Å²) in [6, 6.07) is -1.76. The van der Waals surface area contributed by atoms with E-state index in [4.69, 9.17) is 5.11 Å². The van der Waals surface area contributed by atoms with Gasteiger partial charge >= 0.3 is 18.2 Å². The molecule has 2 atom stereocenters.